The van der Waals surface area contributed by atoms with Crippen molar-refractivity contribution in [3.05, 3.63) is 148 Å². The maximum Gasteiger partial charge on any atom is 0.197 e. The summed E-state index contributed by atoms with van der Waals surface area (Å²) in [6, 6.07) is 22.8. The molecule has 0 aliphatic heterocycles. The lowest BCUT2D eigenvalue weighted by Gasteiger charge is -2.08. The number of ketones is 3. The van der Waals surface area contributed by atoms with Gasteiger partial charge in [0.15, 0.2) is 17.3 Å². The number of allylic oxidation sites excluding steroid dienone is 9. The van der Waals surface area contributed by atoms with Gasteiger partial charge in [-0.1, -0.05) is 87.5 Å². The van der Waals surface area contributed by atoms with E-state index < -0.39 is 0 Å². The lowest BCUT2D eigenvalue weighted by atomic mass is 9.98. The minimum Gasteiger partial charge on any atom is -0.507 e. The van der Waals surface area contributed by atoms with Crippen LogP contribution in [0.2, 0.25) is 0 Å². The molecular formula is C39H32O4. The summed E-state index contributed by atoms with van der Waals surface area (Å²) in [6.07, 6.45) is 10.5. The van der Waals surface area contributed by atoms with E-state index in [0.717, 1.165) is 39.1 Å². The molecule has 0 heterocycles. The van der Waals surface area contributed by atoms with Gasteiger partial charge in [-0.15, -0.1) is 0 Å². The zero-order chi connectivity index (χ0) is 30.2. The van der Waals surface area contributed by atoms with E-state index in [9.17, 15) is 19.5 Å². The molecule has 0 fully saturated rings. The first-order chi connectivity index (χ1) is 20.7. The monoisotopic (exact) mass is 564 g/mol. The standard InChI is InChI=1S/C39H32O4/c1-4-24(13-15-30-36(40)32-19-26-9-5-6-10-27(26)20-33(32)37(30)41)18-25(17-23(2)3)14-16-31-38(42)34-21-28-11-7-8-12-29(28)22-35(34)39(31)43/h5-16,18-23,40H,4,17H2,1-3H3/b15-13+,24-18+,25-14+. The first-order valence-corrected chi connectivity index (χ1v) is 14.7. The van der Waals surface area contributed by atoms with E-state index in [2.05, 4.69) is 13.8 Å². The van der Waals surface area contributed by atoms with Crippen LogP contribution in [-0.4, -0.2) is 22.5 Å². The highest BCUT2D eigenvalue weighted by atomic mass is 16.3. The summed E-state index contributed by atoms with van der Waals surface area (Å²) in [6.45, 7) is 6.26. The zero-order valence-corrected chi connectivity index (χ0v) is 24.5. The lowest BCUT2D eigenvalue weighted by molar-refractivity contribution is 0.0986. The third-order valence-electron chi connectivity index (χ3n) is 8.10. The van der Waals surface area contributed by atoms with Crippen LogP contribution in [0.15, 0.2) is 125 Å². The SMILES string of the molecule is CCC(/C=C/C1=C(O)c2cc3ccccc3cc2C1=O)=C\C(=C\C=C1C(=O)c2cc3ccccc3cc2C1=O)CC(C)C. The molecule has 6 rings (SSSR count). The molecule has 0 bridgehead atoms. The van der Waals surface area contributed by atoms with Gasteiger partial charge in [0.1, 0.15) is 5.76 Å². The number of hydrogen-bond acceptors (Lipinski definition) is 4. The number of hydrogen-bond donors (Lipinski definition) is 1. The summed E-state index contributed by atoms with van der Waals surface area (Å²) < 4.78 is 0. The summed E-state index contributed by atoms with van der Waals surface area (Å²) in [7, 11) is 0. The van der Waals surface area contributed by atoms with Crippen LogP contribution < -0.4 is 0 Å². The Morgan fingerprint density at radius 3 is 1.70 bits per heavy atom. The molecule has 4 heteroatoms. The molecule has 0 saturated carbocycles. The molecule has 4 aromatic rings. The molecule has 43 heavy (non-hydrogen) atoms. The third-order valence-corrected chi connectivity index (χ3v) is 8.10. The largest absolute Gasteiger partial charge is 0.507 e. The third kappa shape index (κ3) is 5.21. The molecule has 0 spiro atoms. The van der Waals surface area contributed by atoms with E-state index in [4.69, 9.17) is 0 Å². The van der Waals surface area contributed by atoms with Crippen molar-refractivity contribution in [2.45, 2.75) is 33.6 Å². The van der Waals surface area contributed by atoms with Crippen molar-refractivity contribution in [1.29, 1.82) is 0 Å². The van der Waals surface area contributed by atoms with Crippen molar-refractivity contribution in [2.75, 3.05) is 0 Å². The van der Waals surface area contributed by atoms with Gasteiger partial charge in [-0.2, -0.15) is 0 Å². The second-order valence-electron chi connectivity index (χ2n) is 11.6. The van der Waals surface area contributed by atoms with Crippen molar-refractivity contribution < 1.29 is 19.5 Å². The van der Waals surface area contributed by atoms with Crippen LogP contribution in [0.4, 0.5) is 0 Å². The van der Waals surface area contributed by atoms with E-state index in [-0.39, 0.29) is 34.3 Å². The Morgan fingerprint density at radius 1 is 0.721 bits per heavy atom. The van der Waals surface area contributed by atoms with E-state index in [0.29, 0.717) is 34.6 Å². The molecule has 4 aromatic carbocycles. The number of benzene rings is 4. The average molecular weight is 565 g/mol. The molecule has 2 aliphatic carbocycles. The lowest BCUT2D eigenvalue weighted by Crippen LogP contribution is -2.00. The van der Waals surface area contributed by atoms with E-state index in [1.165, 1.54) is 0 Å². The summed E-state index contributed by atoms with van der Waals surface area (Å²) in [5.41, 5.74) is 4.32. The molecule has 4 nitrogen and oxygen atoms in total. The second kappa shape index (κ2) is 11.3. The highest BCUT2D eigenvalue weighted by Crippen LogP contribution is 2.35. The van der Waals surface area contributed by atoms with Crippen LogP contribution in [0, 0.1) is 5.92 Å². The molecule has 0 atom stereocenters. The van der Waals surface area contributed by atoms with Crippen LogP contribution >= 0.6 is 0 Å². The number of carbonyl (C=O) groups excluding carboxylic acids is 3. The maximum absolute atomic E-state index is 13.2. The molecule has 2 aliphatic rings. The van der Waals surface area contributed by atoms with Gasteiger partial charge in [-0.25, -0.2) is 0 Å². The number of fused-ring (bicyclic) bond motifs is 4. The maximum atomic E-state index is 13.2. The molecule has 0 aromatic heterocycles. The Labute approximate surface area is 251 Å². The van der Waals surface area contributed by atoms with Gasteiger partial charge in [0.25, 0.3) is 0 Å². The fraction of sp³-hybridized carbons (Fsp3) is 0.154. The molecule has 212 valence electrons. The van der Waals surface area contributed by atoms with Crippen molar-refractivity contribution in [1.82, 2.24) is 0 Å². The van der Waals surface area contributed by atoms with E-state index in [1.54, 1.807) is 24.3 Å². The van der Waals surface area contributed by atoms with Crippen molar-refractivity contribution in [2.24, 2.45) is 5.92 Å². The molecule has 0 amide bonds. The first kappa shape index (κ1) is 28.0. The Hall–Kier alpha value is -5.09. The van der Waals surface area contributed by atoms with Crippen molar-refractivity contribution in [3.63, 3.8) is 0 Å². The minimum atomic E-state index is -0.250. The smallest absolute Gasteiger partial charge is 0.197 e. The van der Waals surface area contributed by atoms with Crippen LogP contribution in [0.25, 0.3) is 27.3 Å². The number of aliphatic hydroxyl groups is 1. The quantitative estimate of drug-likeness (QED) is 0.138. The normalized spacial score (nSPS) is 15.5. The fourth-order valence-corrected chi connectivity index (χ4v) is 5.87. The summed E-state index contributed by atoms with van der Waals surface area (Å²) in [5, 5.41) is 14.7. The van der Waals surface area contributed by atoms with Gasteiger partial charge in [-0.3, -0.25) is 14.4 Å². The molecule has 0 radical (unpaired) electrons. The van der Waals surface area contributed by atoms with Gasteiger partial charge in [0.2, 0.25) is 0 Å². The van der Waals surface area contributed by atoms with Gasteiger partial charge in [-0.05, 0) is 87.9 Å². The van der Waals surface area contributed by atoms with Crippen LogP contribution in [0.3, 0.4) is 0 Å². The first-order valence-electron chi connectivity index (χ1n) is 14.7. The molecule has 0 saturated heterocycles. The average Bonchev–Trinajstić information content (AvgIpc) is 3.38. The van der Waals surface area contributed by atoms with Gasteiger partial charge < -0.3 is 5.11 Å². The van der Waals surface area contributed by atoms with Gasteiger partial charge >= 0.3 is 0 Å². The predicted octanol–water partition coefficient (Wildman–Crippen LogP) is 9.33. The zero-order valence-electron chi connectivity index (χ0n) is 24.5. The highest BCUT2D eigenvalue weighted by molar-refractivity contribution is 6.40. The number of rotatable bonds is 7. The summed E-state index contributed by atoms with van der Waals surface area (Å²) >= 11 is 0. The molecular weight excluding hydrogens is 532 g/mol. The number of carbonyl (C=O) groups is 3. The number of aliphatic hydroxyl groups excluding tert-OH is 1. The Bertz CT molecular complexity index is 1950. The minimum absolute atomic E-state index is 0.00868. The van der Waals surface area contributed by atoms with Crippen molar-refractivity contribution >= 4 is 44.7 Å². The van der Waals surface area contributed by atoms with E-state index >= 15 is 0 Å². The van der Waals surface area contributed by atoms with Gasteiger partial charge in [0.05, 0.1) is 11.1 Å². The van der Waals surface area contributed by atoms with Crippen LogP contribution in [0.1, 0.15) is 70.3 Å². The van der Waals surface area contributed by atoms with Crippen molar-refractivity contribution in [3.8, 4) is 0 Å². The fourth-order valence-electron chi connectivity index (χ4n) is 5.87. The second-order valence-corrected chi connectivity index (χ2v) is 11.6. The Balaban J connectivity index is 1.31. The molecule has 1 N–H and O–H groups in total. The topological polar surface area (TPSA) is 71.4 Å². The highest BCUT2D eigenvalue weighted by Gasteiger charge is 2.33. The Kier molecular flexibility index (Phi) is 7.37. The summed E-state index contributed by atoms with van der Waals surface area (Å²) in [4.78, 5) is 39.7. The number of Topliss-reactive ketones (excluding diaryl/α,β-unsaturated/α-hetero) is 3. The Morgan fingerprint density at radius 2 is 1.21 bits per heavy atom. The molecule has 0 unspecified atom stereocenters. The van der Waals surface area contributed by atoms with E-state index in [1.807, 2.05) is 85.8 Å². The summed E-state index contributed by atoms with van der Waals surface area (Å²) in [5.74, 6) is -0.365. The van der Waals surface area contributed by atoms with Crippen LogP contribution in [-0.2, 0) is 0 Å². The van der Waals surface area contributed by atoms with Gasteiger partial charge in [0, 0.05) is 22.3 Å². The predicted molar refractivity (Wildman–Crippen MR) is 174 cm³/mol. The van der Waals surface area contributed by atoms with Crippen LogP contribution in [0.5, 0.6) is 0 Å².